The molecule has 0 spiro atoms. The number of rotatable bonds is 5. The number of para-hydroxylation sites is 1. The molecule has 0 bridgehead atoms. The van der Waals surface area contributed by atoms with Gasteiger partial charge in [0.2, 0.25) is 5.91 Å². The van der Waals surface area contributed by atoms with E-state index in [1.807, 2.05) is 20.8 Å². The summed E-state index contributed by atoms with van der Waals surface area (Å²) >= 11 is 0. The van der Waals surface area contributed by atoms with E-state index in [2.05, 4.69) is 10.4 Å². The highest BCUT2D eigenvalue weighted by Gasteiger charge is 2.24. The molecular formula is C19H25FN4O2. The monoisotopic (exact) mass is 360 g/mol. The molecule has 0 saturated heterocycles. The predicted molar refractivity (Wildman–Crippen MR) is 97.7 cm³/mol. The van der Waals surface area contributed by atoms with Crippen molar-refractivity contribution in [2.24, 2.45) is 0 Å². The summed E-state index contributed by atoms with van der Waals surface area (Å²) in [6.07, 6.45) is 1.41. The van der Waals surface area contributed by atoms with Gasteiger partial charge in [-0.05, 0) is 46.8 Å². The molecule has 2 rings (SSSR count). The number of amides is 2. The number of likely N-dealkylation sites (N-methyl/N-ethyl adjacent to an activating group) is 1. The van der Waals surface area contributed by atoms with Crippen LogP contribution in [-0.2, 0) is 4.79 Å². The number of nitrogens with one attached hydrogen (secondary N) is 1. The lowest BCUT2D eigenvalue weighted by molar-refractivity contribution is -0.123. The van der Waals surface area contributed by atoms with Crippen molar-refractivity contribution in [2.45, 2.75) is 40.2 Å². The van der Waals surface area contributed by atoms with Crippen LogP contribution in [0.2, 0.25) is 0 Å². The van der Waals surface area contributed by atoms with Crippen LogP contribution in [0.15, 0.2) is 30.5 Å². The van der Waals surface area contributed by atoms with Gasteiger partial charge in [-0.1, -0.05) is 12.1 Å². The quantitative estimate of drug-likeness (QED) is 0.891. The van der Waals surface area contributed by atoms with Crippen LogP contribution in [0, 0.1) is 12.7 Å². The van der Waals surface area contributed by atoms with Crippen LogP contribution < -0.4 is 5.32 Å². The van der Waals surface area contributed by atoms with Crippen molar-refractivity contribution in [3.8, 4) is 5.69 Å². The lowest BCUT2D eigenvalue weighted by atomic mass is 10.1. The first-order valence-corrected chi connectivity index (χ1v) is 8.54. The topological polar surface area (TPSA) is 67.2 Å². The van der Waals surface area contributed by atoms with Gasteiger partial charge in [0.25, 0.3) is 5.91 Å². The Hall–Kier alpha value is -2.70. The lowest BCUT2D eigenvalue weighted by Gasteiger charge is -2.25. The minimum absolute atomic E-state index is 0.0447. The third-order valence-electron chi connectivity index (χ3n) is 3.84. The summed E-state index contributed by atoms with van der Waals surface area (Å²) < 4.78 is 15.4. The number of carbonyl (C=O) groups excluding carboxylic acids is 2. The van der Waals surface area contributed by atoms with Gasteiger partial charge >= 0.3 is 0 Å². The van der Waals surface area contributed by atoms with Crippen molar-refractivity contribution in [1.82, 2.24) is 20.0 Å². The standard InChI is InChI=1S/C19H25FN4O2/c1-6-23(12-17(25)22-19(3,4)5)18(26)14-11-21-24(13(14)2)16-10-8-7-9-15(16)20/h7-11H,6,12H2,1-5H3,(H,22,25). The Bertz CT molecular complexity index is 808. The van der Waals surface area contributed by atoms with E-state index in [4.69, 9.17) is 0 Å². The zero-order valence-electron chi connectivity index (χ0n) is 15.8. The Morgan fingerprint density at radius 3 is 2.50 bits per heavy atom. The maximum Gasteiger partial charge on any atom is 0.257 e. The van der Waals surface area contributed by atoms with Crippen LogP contribution in [0.3, 0.4) is 0 Å². The predicted octanol–water partition coefficient (Wildman–Crippen LogP) is 2.70. The summed E-state index contributed by atoms with van der Waals surface area (Å²) in [6, 6.07) is 6.23. The Kier molecular flexibility index (Phi) is 5.79. The van der Waals surface area contributed by atoms with Gasteiger partial charge in [-0.25, -0.2) is 9.07 Å². The molecule has 0 aliphatic rings. The molecule has 1 aromatic carbocycles. The fourth-order valence-electron chi connectivity index (χ4n) is 2.61. The first-order valence-electron chi connectivity index (χ1n) is 8.54. The van der Waals surface area contributed by atoms with E-state index in [-0.39, 0.29) is 29.6 Å². The number of hydrogen-bond acceptors (Lipinski definition) is 3. The van der Waals surface area contributed by atoms with E-state index in [0.29, 0.717) is 17.8 Å². The molecule has 0 unspecified atom stereocenters. The van der Waals surface area contributed by atoms with Crippen LogP contribution >= 0.6 is 0 Å². The van der Waals surface area contributed by atoms with Crippen LogP contribution in [0.25, 0.3) is 5.69 Å². The molecule has 1 N–H and O–H groups in total. The summed E-state index contributed by atoms with van der Waals surface area (Å²) in [4.78, 5) is 26.4. The number of aromatic nitrogens is 2. The number of halogens is 1. The van der Waals surface area contributed by atoms with Gasteiger partial charge in [0, 0.05) is 12.1 Å². The average Bonchev–Trinajstić information content (AvgIpc) is 2.92. The molecule has 0 aliphatic carbocycles. The SMILES string of the molecule is CCN(CC(=O)NC(C)(C)C)C(=O)c1cnn(-c2ccccc2F)c1C. The summed E-state index contributed by atoms with van der Waals surface area (Å²) in [5.41, 5.74) is 0.775. The summed E-state index contributed by atoms with van der Waals surface area (Å²) in [5.74, 6) is -0.960. The average molecular weight is 360 g/mol. The van der Waals surface area contributed by atoms with E-state index >= 15 is 0 Å². The molecule has 1 heterocycles. The van der Waals surface area contributed by atoms with Gasteiger partial charge in [-0.3, -0.25) is 9.59 Å². The highest BCUT2D eigenvalue weighted by molar-refractivity contribution is 5.97. The highest BCUT2D eigenvalue weighted by atomic mass is 19.1. The van der Waals surface area contributed by atoms with Gasteiger partial charge in [0.15, 0.2) is 0 Å². The maximum absolute atomic E-state index is 14.0. The van der Waals surface area contributed by atoms with Crippen molar-refractivity contribution < 1.29 is 14.0 Å². The second kappa shape index (κ2) is 7.68. The zero-order valence-corrected chi connectivity index (χ0v) is 15.8. The first-order chi connectivity index (χ1) is 12.1. The van der Waals surface area contributed by atoms with Crippen LogP contribution in [0.5, 0.6) is 0 Å². The maximum atomic E-state index is 14.0. The summed E-state index contributed by atoms with van der Waals surface area (Å²) in [6.45, 7) is 9.48. The van der Waals surface area contributed by atoms with Crippen molar-refractivity contribution in [2.75, 3.05) is 13.1 Å². The van der Waals surface area contributed by atoms with Crippen LogP contribution in [-0.4, -0.2) is 45.1 Å². The second-order valence-corrected chi connectivity index (χ2v) is 7.12. The summed E-state index contributed by atoms with van der Waals surface area (Å²) in [7, 11) is 0. The largest absolute Gasteiger partial charge is 0.350 e. The first kappa shape index (κ1) is 19.6. The van der Waals surface area contributed by atoms with Gasteiger partial charge < -0.3 is 10.2 Å². The Morgan fingerprint density at radius 1 is 1.27 bits per heavy atom. The molecule has 0 atom stereocenters. The Labute approximate surface area is 153 Å². The molecular weight excluding hydrogens is 335 g/mol. The van der Waals surface area contributed by atoms with Gasteiger partial charge in [-0.2, -0.15) is 5.10 Å². The molecule has 2 amide bonds. The molecule has 0 saturated carbocycles. The Morgan fingerprint density at radius 2 is 1.92 bits per heavy atom. The second-order valence-electron chi connectivity index (χ2n) is 7.12. The highest BCUT2D eigenvalue weighted by Crippen LogP contribution is 2.18. The third-order valence-corrected chi connectivity index (χ3v) is 3.84. The molecule has 6 nitrogen and oxygen atoms in total. The molecule has 1 aromatic heterocycles. The number of carbonyl (C=O) groups is 2. The zero-order chi connectivity index (χ0) is 19.5. The lowest BCUT2D eigenvalue weighted by Crippen LogP contribution is -2.47. The van der Waals surface area contributed by atoms with E-state index < -0.39 is 5.82 Å². The van der Waals surface area contributed by atoms with E-state index in [1.165, 1.54) is 21.8 Å². The molecule has 0 fully saturated rings. The Balaban J connectivity index is 2.23. The summed E-state index contributed by atoms with van der Waals surface area (Å²) in [5, 5.41) is 6.99. The molecule has 2 aromatic rings. The number of hydrogen-bond donors (Lipinski definition) is 1. The van der Waals surface area contributed by atoms with Gasteiger partial charge in [0.05, 0.1) is 24.0 Å². The van der Waals surface area contributed by atoms with Crippen molar-refractivity contribution in [3.05, 3.63) is 47.5 Å². The van der Waals surface area contributed by atoms with Gasteiger partial charge in [0.1, 0.15) is 11.5 Å². The molecule has 7 heteroatoms. The van der Waals surface area contributed by atoms with Crippen molar-refractivity contribution in [3.63, 3.8) is 0 Å². The minimum atomic E-state index is -0.422. The fourth-order valence-corrected chi connectivity index (χ4v) is 2.61. The van der Waals surface area contributed by atoms with E-state index in [1.54, 1.807) is 32.0 Å². The van der Waals surface area contributed by atoms with Crippen molar-refractivity contribution >= 4 is 11.8 Å². The molecule has 26 heavy (non-hydrogen) atoms. The molecule has 140 valence electrons. The minimum Gasteiger partial charge on any atom is -0.350 e. The van der Waals surface area contributed by atoms with E-state index in [0.717, 1.165) is 0 Å². The fraction of sp³-hybridized carbons (Fsp3) is 0.421. The van der Waals surface area contributed by atoms with Crippen molar-refractivity contribution in [1.29, 1.82) is 0 Å². The smallest absolute Gasteiger partial charge is 0.257 e. The van der Waals surface area contributed by atoms with Crippen LogP contribution in [0.1, 0.15) is 43.7 Å². The normalized spacial score (nSPS) is 11.3. The van der Waals surface area contributed by atoms with Gasteiger partial charge in [-0.15, -0.1) is 0 Å². The van der Waals surface area contributed by atoms with E-state index in [9.17, 15) is 14.0 Å². The molecule has 0 radical (unpaired) electrons. The van der Waals surface area contributed by atoms with Crippen LogP contribution in [0.4, 0.5) is 4.39 Å². The number of nitrogens with zero attached hydrogens (tertiary/aromatic N) is 3. The molecule has 0 aliphatic heterocycles. The third kappa shape index (κ3) is 4.47. The number of benzene rings is 1.